The maximum absolute atomic E-state index is 5.16. The Morgan fingerprint density at radius 3 is 2.27 bits per heavy atom. The van der Waals surface area contributed by atoms with Crippen molar-refractivity contribution in [3.63, 3.8) is 0 Å². The number of hydrogen-bond donors (Lipinski definition) is 0. The first-order valence-electron chi connectivity index (χ1n) is 3.66. The molecule has 0 atom stereocenters. The smallest absolute Gasteiger partial charge is 0.0239 e. The van der Waals surface area contributed by atoms with Crippen LogP contribution in [0.1, 0.15) is 19.8 Å². The molecule has 0 rings (SSSR count). The fraction of sp³-hybridized carbons (Fsp3) is 0.273. The third-order valence-corrected chi connectivity index (χ3v) is 1.52. The summed E-state index contributed by atoms with van der Waals surface area (Å²) in [6, 6.07) is 0. The molecule has 0 N–H and O–H groups in total. The first-order chi connectivity index (χ1) is 5.13. The van der Waals surface area contributed by atoms with Crippen LogP contribution in [0.25, 0.3) is 0 Å². The van der Waals surface area contributed by atoms with Crippen molar-refractivity contribution in [2.45, 2.75) is 19.8 Å². The average molecular weight is 146 g/mol. The van der Waals surface area contributed by atoms with Gasteiger partial charge in [-0.25, -0.2) is 0 Å². The molecule has 0 radical (unpaired) electrons. The molecule has 0 aromatic rings. The molecule has 0 fully saturated rings. The summed E-state index contributed by atoms with van der Waals surface area (Å²) >= 11 is 0. The Hall–Kier alpha value is -1.22. The summed E-state index contributed by atoms with van der Waals surface area (Å²) < 4.78 is 0. The highest BCUT2D eigenvalue weighted by Crippen LogP contribution is 2.17. The van der Waals surface area contributed by atoms with Crippen LogP contribution in [-0.2, 0) is 0 Å². The first-order valence-corrected chi connectivity index (χ1v) is 3.66. The summed E-state index contributed by atoms with van der Waals surface area (Å²) in [7, 11) is 0. The molecule has 0 nitrogen and oxygen atoms in total. The summed E-state index contributed by atoms with van der Waals surface area (Å²) in [6.07, 6.45) is 7.16. The molecular weight excluding hydrogens is 132 g/mol. The molecule has 0 aromatic heterocycles. The van der Waals surface area contributed by atoms with E-state index in [-0.39, 0.29) is 0 Å². The lowest BCUT2D eigenvalue weighted by Crippen LogP contribution is -1.88. The fourth-order valence-electron chi connectivity index (χ4n) is 0.753. The molecule has 0 heterocycles. The van der Waals surface area contributed by atoms with E-state index >= 15 is 0 Å². The second-order valence-corrected chi connectivity index (χ2v) is 2.45. The van der Waals surface area contributed by atoms with Gasteiger partial charge in [0.05, 0.1) is 0 Å². The molecule has 0 saturated carbocycles. The quantitative estimate of drug-likeness (QED) is 0.422. The Morgan fingerprint density at radius 1 is 1.36 bits per heavy atom. The normalized spacial score (nSPS) is 8.36. The molecule has 0 aromatic carbocycles. The largest absolute Gasteiger partial charge is 0.115 e. The van der Waals surface area contributed by atoms with E-state index in [1.54, 1.807) is 0 Å². The van der Waals surface area contributed by atoms with Crippen molar-refractivity contribution in [3.8, 4) is 12.3 Å². The van der Waals surface area contributed by atoms with E-state index in [1.807, 2.05) is 0 Å². The number of hydrogen-bond acceptors (Lipinski definition) is 0. The predicted octanol–water partition coefficient (Wildman–Crippen LogP) is 3.09. The Bertz CT molecular complexity index is 223. The zero-order chi connectivity index (χ0) is 8.85. The Morgan fingerprint density at radius 2 is 1.91 bits per heavy atom. The van der Waals surface area contributed by atoms with Gasteiger partial charge in [-0.3, -0.25) is 0 Å². The molecule has 0 aliphatic rings. The summed E-state index contributed by atoms with van der Waals surface area (Å²) in [5, 5.41) is 0. The second kappa shape index (κ2) is 4.57. The van der Waals surface area contributed by atoms with Gasteiger partial charge >= 0.3 is 0 Å². The van der Waals surface area contributed by atoms with Gasteiger partial charge in [0.2, 0.25) is 0 Å². The van der Waals surface area contributed by atoms with Crippen LogP contribution in [-0.4, -0.2) is 0 Å². The lowest BCUT2D eigenvalue weighted by molar-refractivity contribution is 0.920. The highest BCUT2D eigenvalue weighted by atomic mass is 14.0. The van der Waals surface area contributed by atoms with Crippen LogP contribution in [0.2, 0.25) is 0 Å². The molecule has 11 heavy (non-hydrogen) atoms. The molecular formula is C11H14. The van der Waals surface area contributed by atoms with E-state index in [4.69, 9.17) is 6.42 Å². The van der Waals surface area contributed by atoms with E-state index in [1.165, 1.54) is 0 Å². The van der Waals surface area contributed by atoms with Crippen molar-refractivity contribution in [2.75, 3.05) is 0 Å². The maximum Gasteiger partial charge on any atom is 0.0239 e. The standard InChI is InChI=1S/C11H14/c1-6-8-10(4)11(5)9(3)7-2/h2H,3-6,8H2,1H3. The third kappa shape index (κ3) is 2.91. The minimum atomic E-state index is 0.642. The van der Waals surface area contributed by atoms with E-state index in [0.717, 1.165) is 24.0 Å². The zero-order valence-electron chi connectivity index (χ0n) is 7.11. The van der Waals surface area contributed by atoms with Crippen molar-refractivity contribution in [1.29, 1.82) is 0 Å². The van der Waals surface area contributed by atoms with Crippen molar-refractivity contribution in [1.82, 2.24) is 0 Å². The third-order valence-electron chi connectivity index (χ3n) is 1.52. The van der Waals surface area contributed by atoms with Gasteiger partial charge in [-0.1, -0.05) is 39.0 Å². The van der Waals surface area contributed by atoms with Crippen LogP contribution in [0.15, 0.2) is 36.5 Å². The summed E-state index contributed by atoms with van der Waals surface area (Å²) in [5.74, 6) is 2.45. The number of allylic oxidation sites excluding steroid dienone is 3. The van der Waals surface area contributed by atoms with E-state index < -0.39 is 0 Å². The number of terminal acetylenes is 1. The Balaban J connectivity index is 4.17. The van der Waals surface area contributed by atoms with Gasteiger partial charge in [0.1, 0.15) is 0 Å². The van der Waals surface area contributed by atoms with E-state index in [9.17, 15) is 0 Å². The molecule has 0 aliphatic carbocycles. The minimum Gasteiger partial charge on any atom is -0.115 e. The van der Waals surface area contributed by atoms with Crippen LogP contribution < -0.4 is 0 Å². The van der Waals surface area contributed by atoms with Gasteiger partial charge in [0.25, 0.3) is 0 Å². The molecule has 0 amide bonds. The highest BCUT2D eigenvalue weighted by molar-refractivity contribution is 5.50. The van der Waals surface area contributed by atoms with Gasteiger partial charge in [0, 0.05) is 5.57 Å². The average Bonchev–Trinajstić information content (AvgIpc) is 2.02. The monoisotopic (exact) mass is 146 g/mol. The molecule has 0 unspecified atom stereocenters. The second-order valence-electron chi connectivity index (χ2n) is 2.45. The molecule has 0 heteroatoms. The lowest BCUT2D eigenvalue weighted by atomic mass is 9.99. The van der Waals surface area contributed by atoms with Crippen LogP contribution in [0.4, 0.5) is 0 Å². The summed E-state index contributed by atoms with van der Waals surface area (Å²) in [5.41, 5.74) is 2.45. The van der Waals surface area contributed by atoms with Crippen LogP contribution in [0, 0.1) is 12.3 Å². The minimum absolute atomic E-state index is 0.642. The Kier molecular flexibility index (Phi) is 4.07. The Labute approximate surface area is 69.3 Å². The molecule has 0 saturated heterocycles. The fourth-order valence-corrected chi connectivity index (χ4v) is 0.753. The van der Waals surface area contributed by atoms with Crippen LogP contribution >= 0.6 is 0 Å². The molecule has 0 spiro atoms. The first kappa shape index (κ1) is 9.78. The van der Waals surface area contributed by atoms with Crippen molar-refractivity contribution in [3.05, 3.63) is 36.5 Å². The van der Waals surface area contributed by atoms with Gasteiger partial charge in [-0.2, -0.15) is 0 Å². The van der Waals surface area contributed by atoms with Crippen LogP contribution in [0.5, 0.6) is 0 Å². The summed E-state index contributed by atoms with van der Waals surface area (Å²) in [4.78, 5) is 0. The van der Waals surface area contributed by atoms with Gasteiger partial charge in [-0.15, -0.1) is 6.42 Å². The maximum atomic E-state index is 5.16. The van der Waals surface area contributed by atoms with Gasteiger partial charge in [0.15, 0.2) is 0 Å². The van der Waals surface area contributed by atoms with E-state index in [2.05, 4.69) is 32.6 Å². The molecule has 0 bridgehead atoms. The van der Waals surface area contributed by atoms with Crippen molar-refractivity contribution in [2.24, 2.45) is 0 Å². The lowest BCUT2D eigenvalue weighted by Gasteiger charge is -2.05. The topological polar surface area (TPSA) is 0 Å². The van der Waals surface area contributed by atoms with E-state index in [0.29, 0.717) is 5.57 Å². The molecule has 0 aliphatic heterocycles. The summed E-state index contributed by atoms with van der Waals surface area (Å²) in [6.45, 7) is 13.4. The van der Waals surface area contributed by atoms with Gasteiger partial charge in [-0.05, 0) is 17.6 Å². The zero-order valence-corrected chi connectivity index (χ0v) is 7.11. The van der Waals surface area contributed by atoms with Gasteiger partial charge < -0.3 is 0 Å². The SMILES string of the molecule is C#CC(=C)C(=C)C(=C)CCC. The molecule has 58 valence electrons. The predicted molar refractivity (Wildman–Crippen MR) is 51.2 cm³/mol. The number of rotatable bonds is 4. The highest BCUT2D eigenvalue weighted by Gasteiger charge is 2.00. The van der Waals surface area contributed by atoms with Crippen molar-refractivity contribution < 1.29 is 0 Å². The van der Waals surface area contributed by atoms with Crippen LogP contribution in [0.3, 0.4) is 0 Å². The van der Waals surface area contributed by atoms with Crippen molar-refractivity contribution >= 4 is 0 Å².